The number of amides is 1. The zero-order valence-electron chi connectivity index (χ0n) is 12.1. The molecule has 0 saturated carbocycles. The Labute approximate surface area is 123 Å². The first-order chi connectivity index (χ1) is 10.2. The molecule has 6 heteroatoms. The minimum absolute atomic E-state index is 0.0944. The van der Waals surface area contributed by atoms with Gasteiger partial charge in [0.05, 0.1) is 12.7 Å². The highest BCUT2D eigenvalue weighted by Gasteiger charge is 2.25. The van der Waals surface area contributed by atoms with Gasteiger partial charge in [0.25, 0.3) is 5.91 Å². The zero-order chi connectivity index (χ0) is 14.8. The van der Waals surface area contributed by atoms with Gasteiger partial charge >= 0.3 is 0 Å². The van der Waals surface area contributed by atoms with E-state index in [1.54, 1.807) is 15.8 Å². The van der Waals surface area contributed by atoms with Crippen LogP contribution in [0.3, 0.4) is 0 Å². The van der Waals surface area contributed by atoms with Gasteiger partial charge in [-0.15, -0.1) is 5.10 Å². The summed E-state index contributed by atoms with van der Waals surface area (Å²) >= 11 is 0. The van der Waals surface area contributed by atoms with E-state index in [1.807, 2.05) is 12.1 Å². The van der Waals surface area contributed by atoms with Crippen LogP contribution < -0.4 is 10.6 Å². The molecule has 0 spiro atoms. The lowest BCUT2D eigenvalue weighted by Crippen LogP contribution is -2.35. The molecule has 6 nitrogen and oxygen atoms in total. The maximum atomic E-state index is 12.6. The lowest BCUT2D eigenvalue weighted by molar-refractivity contribution is 0.0980. The summed E-state index contributed by atoms with van der Waals surface area (Å²) in [6, 6.07) is 6.21. The third-order valence-corrected chi connectivity index (χ3v) is 3.71. The van der Waals surface area contributed by atoms with Crippen molar-refractivity contribution in [2.45, 2.75) is 26.3 Å². The Kier molecular flexibility index (Phi) is 3.70. The summed E-state index contributed by atoms with van der Waals surface area (Å²) in [5.41, 5.74) is 9.29. The van der Waals surface area contributed by atoms with Gasteiger partial charge in [-0.05, 0) is 31.4 Å². The zero-order valence-corrected chi connectivity index (χ0v) is 12.1. The van der Waals surface area contributed by atoms with E-state index in [2.05, 4.69) is 23.3 Å². The number of carbonyl (C=O) groups is 1. The van der Waals surface area contributed by atoms with Crippen LogP contribution in [0.25, 0.3) is 0 Å². The summed E-state index contributed by atoms with van der Waals surface area (Å²) < 4.78 is 1.60. The first kappa shape index (κ1) is 13.8. The second-order valence-corrected chi connectivity index (χ2v) is 5.35. The van der Waals surface area contributed by atoms with Gasteiger partial charge in [-0.1, -0.05) is 22.9 Å². The predicted octanol–water partition coefficient (Wildman–Crippen LogP) is 1.14. The Bertz CT molecular complexity index is 664. The highest BCUT2D eigenvalue weighted by atomic mass is 16.2. The minimum Gasteiger partial charge on any atom is -0.329 e. The summed E-state index contributed by atoms with van der Waals surface area (Å²) in [7, 11) is 0. The van der Waals surface area contributed by atoms with Crippen LogP contribution in [0, 0.1) is 6.92 Å². The van der Waals surface area contributed by atoms with E-state index < -0.39 is 0 Å². The fraction of sp³-hybridized carbons (Fsp3) is 0.400. The van der Waals surface area contributed by atoms with Crippen molar-refractivity contribution in [3.8, 4) is 0 Å². The van der Waals surface area contributed by atoms with E-state index >= 15 is 0 Å². The molecular formula is C15H19N5O. The molecule has 0 saturated heterocycles. The maximum Gasteiger partial charge on any atom is 0.280 e. The Balaban J connectivity index is 1.88. The third-order valence-electron chi connectivity index (χ3n) is 3.71. The Morgan fingerprint density at radius 3 is 3.10 bits per heavy atom. The van der Waals surface area contributed by atoms with Crippen LogP contribution in [-0.4, -0.2) is 34.0 Å². The van der Waals surface area contributed by atoms with Crippen LogP contribution in [0.2, 0.25) is 0 Å². The molecule has 1 aliphatic rings. The quantitative estimate of drug-likeness (QED) is 0.917. The Hall–Kier alpha value is -2.21. The number of hydrogen-bond donors (Lipinski definition) is 1. The fourth-order valence-electron chi connectivity index (χ4n) is 2.71. The number of aryl methyl sites for hydroxylation is 2. The first-order valence-electron chi connectivity index (χ1n) is 7.20. The molecule has 0 unspecified atom stereocenters. The molecule has 2 heterocycles. The number of nitrogens with two attached hydrogens (primary N) is 1. The van der Waals surface area contributed by atoms with Gasteiger partial charge in [0.15, 0.2) is 5.69 Å². The van der Waals surface area contributed by atoms with Crippen LogP contribution in [0.4, 0.5) is 5.69 Å². The van der Waals surface area contributed by atoms with Crippen LogP contribution in [0.1, 0.15) is 28.0 Å². The van der Waals surface area contributed by atoms with Gasteiger partial charge in [-0.2, -0.15) is 0 Å². The second-order valence-electron chi connectivity index (χ2n) is 5.35. The molecule has 3 rings (SSSR count). The lowest BCUT2D eigenvalue weighted by Gasteiger charge is -2.29. The van der Waals surface area contributed by atoms with E-state index in [4.69, 9.17) is 5.73 Å². The number of benzene rings is 1. The maximum absolute atomic E-state index is 12.6. The largest absolute Gasteiger partial charge is 0.329 e. The molecule has 0 bridgehead atoms. The number of nitrogens with zero attached hydrogens (tertiary/aromatic N) is 4. The van der Waals surface area contributed by atoms with E-state index in [-0.39, 0.29) is 5.91 Å². The second kappa shape index (κ2) is 5.65. The van der Waals surface area contributed by atoms with E-state index in [1.165, 1.54) is 11.1 Å². The van der Waals surface area contributed by atoms with Gasteiger partial charge in [0.2, 0.25) is 0 Å². The lowest BCUT2D eigenvalue weighted by atomic mass is 9.99. The number of aromatic nitrogens is 3. The molecule has 0 atom stereocenters. The molecule has 0 aliphatic carbocycles. The van der Waals surface area contributed by atoms with Crippen LogP contribution in [0.15, 0.2) is 24.4 Å². The summed E-state index contributed by atoms with van der Waals surface area (Å²) in [4.78, 5) is 14.4. The van der Waals surface area contributed by atoms with Gasteiger partial charge in [0, 0.05) is 18.8 Å². The van der Waals surface area contributed by atoms with Crippen molar-refractivity contribution in [3.63, 3.8) is 0 Å². The molecule has 2 aromatic rings. The number of anilines is 1. The van der Waals surface area contributed by atoms with Crippen molar-refractivity contribution in [1.29, 1.82) is 0 Å². The smallest absolute Gasteiger partial charge is 0.280 e. The molecule has 1 aliphatic heterocycles. The Morgan fingerprint density at radius 2 is 2.29 bits per heavy atom. The van der Waals surface area contributed by atoms with Crippen LogP contribution in [0.5, 0.6) is 0 Å². The van der Waals surface area contributed by atoms with E-state index in [0.717, 1.165) is 25.1 Å². The molecule has 110 valence electrons. The monoisotopic (exact) mass is 285 g/mol. The van der Waals surface area contributed by atoms with Crippen molar-refractivity contribution in [1.82, 2.24) is 15.0 Å². The highest BCUT2D eigenvalue weighted by molar-refractivity contribution is 6.05. The summed E-state index contributed by atoms with van der Waals surface area (Å²) in [6.07, 6.45) is 3.65. The molecule has 2 N–H and O–H groups in total. The molecule has 0 radical (unpaired) electrons. The number of hydrogen-bond acceptors (Lipinski definition) is 4. The summed E-state index contributed by atoms with van der Waals surface area (Å²) in [5, 5.41) is 7.90. The number of rotatable bonds is 3. The normalized spacial score (nSPS) is 14.1. The Morgan fingerprint density at radius 1 is 1.43 bits per heavy atom. The van der Waals surface area contributed by atoms with Gasteiger partial charge < -0.3 is 10.6 Å². The average molecular weight is 285 g/mol. The molecular weight excluding hydrogens is 266 g/mol. The van der Waals surface area contributed by atoms with Crippen molar-refractivity contribution in [2.24, 2.45) is 5.73 Å². The first-order valence-corrected chi connectivity index (χ1v) is 7.20. The number of carbonyl (C=O) groups excluding carboxylic acids is 1. The van der Waals surface area contributed by atoms with Crippen molar-refractivity contribution in [2.75, 3.05) is 18.0 Å². The fourth-order valence-corrected chi connectivity index (χ4v) is 2.71. The highest BCUT2D eigenvalue weighted by Crippen LogP contribution is 2.28. The van der Waals surface area contributed by atoms with E-state index in [9.17, 15) is 4.79 Å². The van der Waals surface area contributed by atoms with Gasteiger partial charge in [-0.25, -0.2) is 0 Å². The van der Waals surface area contributed by atoms with Crippen molar-refractivity contribution in [3.05, 3.63) is 41.2 Å². The minimum atomic E-state index is -0.0944. The average Bonchev–Trinajstić information content (AvgIpc) is 2.94. The SMILES string of the molecule is Cc1ccc2c(c1)CCCN2C(=O)c1cn(CCN)nn1. The standard InChI is InChI=1S/C15H19N5O/c1-11-4-5-14-12(9-11)3-2-7-20(14)15(21)13-10-19(8-6-16)18-17-13/h4-5,9-10H,2-3,6-8,16H2,1H3. The van der Waals surface area contributed by atoms with Crippen LogP contribution >= 0.6 is 0 Å². The summed E-state index contributed by atoms with van der Waals surface area (Å²) in [6.45, 7) is 3.83. The topological polar surface area (TPSA) is 77.0 Å². The third kappa shape index (κ3) is 2.67. The van der Waals surface area contributed by atoms with Crippen molar-refractivity contribution >= 4 is 11.6 Å². The van der Waals surface area contributed by atoms with Gasteiger partial charge in [0.1, 0.15) is 0 Å². The molecule has 21 heavy (non-hydrogen) atoms. The molecule has 1 aromatic carbocycles. The summed E-state index contributed by atoms with van der Waals surface area (Å²) in [5.74, 6) is -0.0944. The van der Waals surface area contributed by atoms with E-state index in [0.29, 0.717) is 18.8 Å². The van der Waals surface area contributed by atoms with Gasteiger partial charge in [-0.3, -0.25) is 9.48 Å². The molecule has 1 aromatic heterocycles. The van der Waals surface area contributed by atoms with Crippen LogP contribution in [-0.2, 0) is 13.0 Å². The molecule has 1 amide bonds. The predicted molar refractivity (Wildman–Crippen MR) is 80.3 cm³/mol. The van der Waals surface area contributed by atoms with Crippen molar-refractivity contribution < 1.29 is 4.79 Å². The molecule has 0 fully saturated rings. The number of fused-ring (bicyclic) bond motifs is 1.